The molecule has 0 saturated carbocycles. The molecule has 19 heavy (non-hydrogen) atoms. The van der Waals surface area contributed by atoms with Crippen molar-refractivity contribution in [2.24, 2.45) is 5.10 Å². The third-order valence-electron chi connectivity index (χ3n) is 2.97. The van der Waals surface area contributed by atoms with E-state index in [9.17, 15) is 4.79 Å². The largest absolute Gasteiger partial charge is 0.375 e. The molecule has 0 radical (unpaired) electrons. The van der Waals surface area contributed by atoms with E-state index in [1.807, 2.05) is 42.6 Å². The summed E-state index contributed by atoms with van der Waals surface area (Å²) >= 11 is 1.33. The Kier molecular flexibility index (Phi) is 2.79. The van der Waals surface area contributed by atoms with Crippen LogP contribution in [0.3, 0.4) is 0 Å². The van der Waals surface area contributed by atoms with Gasteiger partial charge in [-0.15, -0.1) is 11.3 Å². The number of hydrazone groups is 1. The molecule has 2 heterocycles. The molecular formula is C13H12N4OS. The Labute approximate surface area is 114 Å². The quantitative estimate of drug-likeness (QED) is 0.911. The van der Waals surface area contributed by atoms with Crippen LogP contribution in [0.4, 0.5) is 10.8 Å². The van der Waals surface area contributed by atoms with E-state index >= 15 is 0 Å². The van der Waals surface area contributed by atoms with Crippen LogP contribution >= 0.6 is 11.3 Å². The number of benzene rings is 1. The number of thiazole rings is 1. The first-order valence-electron chi connectivity index (χ1n) is 5.82. The van der Waals surface area contributed by atoms with Gasteiger partial charge in [-0.2, -0.15) is 10.1 Å². The number of carbonyl (C=O) groups excluding carboxylic acids is 1. The first-order valence-corrected chi connectivity index (χ1v) is 6.70. The molecule has 3 rings (SSSR count). The van der Waals surface area contributed by atoms with Gasteiger partial charge in [0.15, 0.2) is 5.13 Å². The first-order chi connectivity index (χ1) is 9.16. The number of anilines is 2. The molecule has 2 N–H and O–H groups in total. The zero-order valence-corrected chi connectivity index (χ0v) is 11.1. The second kappa shape index (κ2) is 4.47. The maximum atomic E-state index is 12.5. The highest BCUT2D eigenvalue weighted by Crippen LogP contribution is 2.31. The summed E-state index contributed by atoms with van der Waals surface area (Å²) in [5.74, 6) is -0.511. The number of aromatic nitrogens is 1. The minimum absolute atomic E-state index is 0.0889. The lowest BCUT2D eigenvalue weighted by Crippen LogP contribution is -2.25. The molecule has 1 amide bonds. The average Bonchev–Trinajstić information content (AvgIpc) is 2.95. The summed E-state index contributed by atoms with van der Waals surface area (Å²) in [5, 5.41) is 8.03. The van der Waals surface area contributed by atoms with Crippen LogP contribution in [0.2, 0.25) is 0 Å². The fourth-order valence-electron chi connectivity index (χ4n) is 2.09. The number of nitrogens with zero attached hydrogens (tertiary/aromatic N) is 3. The van der Waals surface area contributed by atoms with Gasteiger partial charge in [0.1, 0.15) is 5.92 Å². The molecular weight excluding hydrogens is 260 g/mol. The van der Waals surface area contributed by atoms with Gasteiger partial charge in [-0.1, -0.05) is 18.2 Å². The third kappa shape index (κ3) is 2.00. The summed E-state index contributed by atoms with van der Waals surface area (Å²) in [4.78, 5) is 16.7. The Morgan fingerprint density at radius 2 is 2.05 bits per heavy atom. The molecule has 0 saturated heterocycles. The Balaban J connectivity index is 1.96. The highest BCUT2D eigenvalue weighted by Gasteiger charge is 2.36. The highest BCUT2D eigenvalue weighted by atomic mass is 32.1. The SMILES string of the molecule is CC1=NN(c2ccccc2)C(=O)C1c1csc(N)n1. The van der Waals surface area contributed by atoms with Crippen LogP contribution in [0.25, 0.3) is 0 Å². The van der Waals surface area contributed by atoms with Crippen molar-refractivity contribution in [3.8, 4) is 0 Å². The molecule has 1 aromatic carbocycles. The second-order valence-electron chi connectivity index (χ2n) is 4.27. The van der Waals surface area contributed by atoms with Gasteiger partial charge in [-0.05, 0) is 19.1 Å². The number of nitrogens with two attached hydrogens (primary N) is 1. The lowest BCUT2D eigenvalue weighted by atomic mass is 10.0. The Bertz CT molecular complexity index is 650. The van der Waals surface area contributed by atoms with Crippen LogP contribution in [0, 0.1) is 0 Å². The molecule has 6 heteroatoms. The molecule has 0 fully saturated rings. The predicted molar refractivity (Wildman–Crippen MR) is 76.3 cm³/mol. The number of rotatable bonds is 2. The van der Waals surface area contributed by atoms with Gasteiger partial charge >= 0.3 is 0 Å². The van der Waals surface area contributed by atoms with E-state index in [0.29, 0.717) is 10.8 Å². The monoisotopic (exact) mass is 272 g/mol. The van der Waals surface area contributed by atoms with Gasteiger partial charge in [0.2, 0.25) is 0 Å². The van der Waals surface area contributed by atoms with Crippen molar-refractivity contribution in [1.29, 1.82) is 0 Å². The predicted octanol–water partition coefficient (Wildman–Crippen LogP) is 2.23. The van der Waals surface area contributed by atoms with E-state index in [1.165, 1.54) is 16.3 Å². The number of carbonyl (C=O) groups is 1. The van der Waals surface area contributed by atoms with Gasteiger partial charge in [0.05, 0.1) is 17.1 Å². The number of hydrogen-bond acceptors (Lipinski definition) is 5. The van der Waals surface area contributed by atoms with Crippen molar-refractivity contribution in [1.82, 2.24) is 4.98 Å². The summed E-state index contributed by atoms with van der Waals surface area (Å²) in [6.45, 7) is 1.83. The molecule has 2 aromatic rings. The normalized spacial score (nSPS) is 18.8. The summed E-state index contributed by atoms with van der Waals surface area (Å²) in [5.41, 5.74) is 7.80. The third-order valence-corrected chi connectivity index (χ3v) is 3.66. The Morgan fingerprint density at radius 1 is 1.32 bits per heavy atom. The maximum absolute atomic E-state index is 12.5. The average molecular weight is 272 g/mol. The lowest BCUT2D eigenvalue weighted by molar-refractivity contribution is -0.118. The van der Waals surface area contributed by atoms with Gasteiger partial charge < -0.3 is 5.73 Å². The first kappa shape index (κ1) is 11.9. The van der Waals surface area contributed by atoms with E-state index in [4.69, 9.17) is 5.73 Å². The standard InChI is InChI=1S/C13H12N4OS/c1-8-11(10-7-19-13(14)15-10)12(18)17(16-8)9-5-3-2-4-6-9/h2-7,11H,1H3,(H2,14,15). The summed E-state index contributed by atoms with van der Waals surface area (Å²) in [6, 6.07) is 9.36. The molecule has 96 valence electrons. The zero-order chi connectivity index (χ0) is 13.4. The van der Waals surface area contributed by atoms with E-state index in [2.05, 4.69) is 10.1 Å². The smallest absolute Gasteiger partial charge is 0.262 e. The van der Waals surface area contributed by atoms with Crippen LogP contribution in [0.15, 0.2) is 40.8 Å². The van der Waals surface area contributed by atoms with Crippen molar-refractivity contribution in [3.63, 3.8) is 0 Å². The lowest BCUT2D eigenvalue weighted by Gasteiger charge is -2.13. The van der Waals surface area contributed by atoms with Crippen molar-refractivity contribution >= 4 is 33.8 Å². The molecule has 0 bridgehead atoms. The van der Waals surface area contributed by atoms with Gasteiger partial charge in [0.25, 0.3) is 5.91 Å². The number of amides is 1. The van der Waals surface area contributed by atoms with Gasteiger partial charge in [-0.25, -0.2) is 4.98 Å². The van der Waals surface area contributed by atoms with E-state index in [1.54, 1.807) is 0 Å². The zero-order valence-electron chi connectivity index (χ0n) is 10.3. The molecule has 1 aliphatic heterocycles. The molecule has 0 spiro atoms. The summed E-state index contributed by atoms with van der Waals surface area (Å²) < 4.78 is 0. The van der Waals surface area contributed by atoms with Crippen molar-refractivity contribution in [2.45, 2.75) is 12.8 Å². The topological polar surface area (TPSA) is 71.6 Å². The molecule has 1 unspecified atom stereocenters. The number of hydrogen-bond donors (Lipinski definition) is 1. The summed E-state index contributed by atoms with van der Waals surface area (Å²) in [7, 11) is 0. The Hall–Kier alpha value is -2.21. The maximum Gasteiger partial charge on any atom is 0.262 e. The van der Waals surface area contributed by atoms with Gasteiger partial charge in [-0.3, -0.25) is 4.79 Å². The van der Waals surface area contributed by atoms with Crippen LogP contribution < -0.4 is 10.7 Å². The van der Waals surface area contributed by atoms with Crippen molar-refractivity contribution < 1.29 is 4.79 Å². The fraction of sp³-hybridized carbons (Fsp3) is 0.154. The van der Waals surface area contributed by atoms with Crippen molar-refractivity contribution in [3.05, 3.63) is 41.4 Å². The van der Waals surface area contributed by atoms with E-state index in [-0.39, 0.29) is 5.91 Å². The molecule has 0 aliphatic carbocycles. The number of nitrogen functional groups attached to an aromatic ring is 1. The van der Waals surface area contributed by atoms with Crippen LogP contribution in [0.1, 0.15) is 18.5 Å². The summed E-state index contributed by atoms with van der Waals surface area (Å²) in [6.07, 6.45) is 0. The minimum Gasteiger partial charge on any atom is -0.375 e. The van der Waals surface area contributed by atoms with Crippen LogP contribution in [0.5, 0.6) is 0 Å². The molecule has 1 aromatic heterocycles. The second-order valence-corrected chi connectivity index (χ2v) is 5.16. The molecule has 1 atom stereocenters. The van der Waals surface area contributed by atoms with Crippen LogP contribution in [-0.4, -0.2) is 16.6 Å². The molecule has 5 nitrogen and oxygen atoms in total. The van der Waals surface area contributed by atoms with Crippen LogP contribution in [-0.2, 0) is 4.79 Å². The molecule has 1 aliphatic rings. The van der Waals surface area contributed by atoms with E-state index in [0.717, 1.165) is 11.4 Å². The number of para-hydroxylation sites is 1. The fourth-order valence-corrected chi connectivity index (χ4v) is 2.68. The highest BCUT2D eigenvalue weighted by molar-refractivity contribution is 7.13. The van der Waals surface area contributed by atoms with E-state index < -0.39 is 5.92 Å². The minimum atomic E-state index is -0.422. The van der Waals surface area contributed by atoms with Crippen molar-refractivity contribution in [2.75, 3.05) is 10.7 Å². The van der Waals surface area contributed by atoms with Gasteiger partial charge in [0, 0.05) is 5.38 Å². The Morgan fingerprint density at radius 3 is 2.68 bits per heavy atom.